The van der Waals surface area contributed by atoms with E-state index < -0.39 is 0 Å². The summed E-state index contributed by atoms with van der Waals surface area (Å²) in [6.45, 7) is 2.12. The molecule has 1 saturated heterocycles. The molecule has 0 spiro atoms. The molecule has 1 aliphatic heterocycles. The number of hydrogen-bond donors (Lipinski definition) is 2. The molecule has 2 aliphatic rings. The first kappa shape index (κ1) is 10.3. The molecule has 16 heavy (non-hydrogen) atoms. The lowest BCUT2D eigenvalue weighted by Gasteiger charge is -2.11. The van der Waals surface area contributed by atoms with Crippen molar-refractivity contribution in [2.75, 3.05) is 0 Å². The Kier molecular flexibility index (Phi) is 2.67. The van der Waals surface area contributed by atoms with Gasteiger partial charge in [0.05, 0.1) is 0 Å². The molecule has 1 aliphatic carbocycles. The average Bonchev–Trinajstić information content (AvgIpc) is 2.96. The Labute approximate surface area is 96.1 Å². The van der Waals surface area contributed by atoms with Gasteiger partial charge < -0.3 is 0 Å². The van der Waals surface area contributed by atoms with Crippen molar-refractivity contribution >= 4 is 0 Å². The van der Waals surface area contributed by atoms with Crippen LogP contribution in [0.4, 0.5) is 0 Å². The Balaban J connectivity index is 1.80. The van der Waals surface area contributed by atoms with Gasteiger partial charge in [-0.2, -0.15) is 5.48 Å². The molecule has 0 radical (unpaired) electrons. The summed E-state index contributed by atoms with van der Waals surface area (Å²) in [7, 11) is 0. The van der Waals surface area contributed by atoms with Crippen LogP contribution in [0, 0.1) is 0 Å². The van der Waals surface area contributed by atoms with Gasteiger partial charge in [0.25, 0.3) is 0 Å². The van der Waals surface area contributed by atoms with Crippen molar-refractivity contribution in [1.82, 2.24) is 10.8 Å². The van der Waals surface area contributed by atoms with Crippen molar-refractivity contribution in [1.29, 1.82) is 0 Å². The maximum Gasteiger partial charge on any atom is 0.130 e. The minimum Gasteiger partial charge on any atom is -0.281 e. The smallest absolute Gasteiger partial charge is 0.130 e. The third-order valence-electron chi connectivity index (χ3n) is 3.51. The highest BCUT2D eigenvalue weighted by Gasteiger charge is 2.24. The molecular formula is C13H18N2O. The summed E-state index contributed by atoms with van der Waals surface area (Å²) >= 11 is 0. The van der Waals surface area contributed by atoms with E-state index in [-0.39, 0.29) is 12.4 Å². The molecule has 0 aromatic heterocycles. The topological polar surface area (TPSA) is 33.3 Å². The number of rotatable bonds is 2. The van der Waals surface area contributed by atoms with Crippen molar-refractivity contribution in [2.45, 2.75) is 45.0 Å². The van der Waals surface area contributed by atoms with E-state index in [1.807, 2.05) is 0 Å². The molecule has 1 aromatic carbocycles. The molecular weight excluding hydrogens is 200 g/mol. The molecule has 2 unspecified atom stereocenters. The fourth-order valence-corrected chi connectivity index (χ4v) is 2.54. The second-order valence-electron chi connectivity index (χ2n) is 4.61. The van der Waals surface area contributed by atoms with Gasteiger partial charge in [0.2, 0.25) is 0 Å². The lowest BCUT2D eigenvalue weighted by molar-refractivity contribution is 0.0207. The van der Waals surface area contributed by atoms with Gasteiger partial charge in [0, 0.05) is 0 Å². The number of aryl methyl sites for hydroxylation is 2. The molecule has 86 valence electrons. The van der Waals surface area contributed by atoms with Crippen LogP contribution in [0.1, 0.15) is 42.6 Å². The minimum absolute atomic E-state index is 0.137. The second-order valence-corrected chi connectivity index (χ2v) is 4.61. The van der Waals surface area contributed by atoms with Crippen LogP contribution in [0.15, 0.2) is 18.2 Å². The van der Waals surface area contributed by atoms with Crippen LogP contribution in [-0.4, -0.2) is 6.23 Å². The van der Waals surface area contributed by atoms with E-state index in [1.54, 1.807) is 0 Å². The molecule has 2 N–H and O–H groups in total. The van der Waals surface area contributed by atoms with E-state index in [0.29, 0.717) is 0 Å². The SMILES string of the molecule is CCC1NC(c2ccc3c(c2)CCC3)NO1. The maximum absolute atomic E-state index is 5.43. The summed E-state index contributed by atoms with van der Waals surface area (Å²) in [6.07, 6.45) is 5.05. The van der Waals surface area contributed by atoms with Crippen molar-refractivity contribution in [3.05, 3.63) is 34.9 Å². The fourth-order valence-electron chi connectivity index (χ4n) is 2.54. The number of benzene rings is 1. The van der Waals surface area contributed by atoms with Gasteiger partial charge in [-0.25, -0.2) is 0 Å². The Morgan fingerprint density at radius 3 is 3.00 bits per heavy atom. The highest BCUT2D eigenvalue weighted by atomic mass is 16.7. The highest BCUT2D eigenvalue weighted by molar-refractivity contribution is 5.36. The van der Waals surface area contributed by atoms with Crippen LogP contribution in [0.5, 0.6) is 0 Å². The Morgan fingerprint density at radius 1 is 1.31 bits per heavy atom. The molecule has 1 fully saturated rings. The molecule has 3 heteroatoms. The van der Waals surface area contributed by atoms with Gasteiger partial charge in [-0.1, -0.05) is 25.1 Å². The molecule has 3 nitrogen and oxygen atoms in total. The van der Waals surface area contributed by atoms with Gasteiger partial charge in [-0.15, -0.1) is 0 Å². The fraction of sp³-hybridized carbons (Fsp3) is 0.538. The van der Waals surface area contributed by atoms with E-state index in [1.165, 1.54) is 36.0 Å². The Bertz CT molecular complexity index is 392. The Morgan fingerprint density at radius 2 is 2.19 bits per heavy atom. The zero-order valence-electron chi connectivity index (χ0n) is 9.62. The molecule has 0 amide bonds. The first-order valence-corrected chi connectivity index (χ1v) is 6.16. The highest BCUT2D eigenvalue weighted by Crippen LogP contribution is 2.26. The second kappa shape index (κ2) is 4.17. The largest absolute Gasteiger partial charge is 0.281 e. The third kappa shape index (κ3) is 1.75. The standard InChI is InChI=1S/C13H18N2O/c1-2-12-14-13(15-16-12)11-7-6-9-4-3-5-10(9)8-11/h6-8,12-15H,2-5H2,1H3. The van der Waals surface area contributed by atoms with E-state index >= 15 is 0 Å². The van der Waals surface area contributed by atoms with Gasteiger partial charge in [-0.05, 0) is 42.4 Å². The molecule has 0 bridgehead atoms. The number of hydrogen-bond acceptors (Lipinski definition) is 3. The Hall–Kier alpha value is -0.900. The van der Waals surface area contributed by atoms with Crippen LogP contribution in [0.25, 0.3) is 0 Å². The summed E-state index contributed by atoms with van der Waals surface area (Å²) in [6, 6.07) is 6.78. The van der Waals surface area contributed by atoms with Crippen molar-refractivity contribution < 1.29 is 4.84 Å². The summed E-state index contributed by atoms with van der Waals surface area (Å²) in [5, 5.41) is 3.41. The van der Waals surface area contributed by atoms with Crippen LogP contribution in [0.2, 0.25) is 0 Å². The first-order valence-electron chi connectivity index (χ1n) is 6.16. The lowest BCUT2D eigenvalue weighted by Crippen LogP contribution is -2.25. The van der Waals surface area contributed by atoms with E-state index in [4.69, 9.17) is 4.84 Å². The summed E-state index contributed by atoms with van der Waals surface area (Å²) in [5.41, 5.74) is 7.38. The number of fused-ring (bicyclic) bond motifs is 1. The summed E-state index contributed by atoms with van der Waals surface area (Å²) < 4.78 is 0. The summed E-state index contributed by atoms with van der Waals surface area (Å²) in [4.78, 5) is 5.43. The van der Waals surface area contributed by atoms with Gasteiger partial charge in [0.1, 0.15) is 12.4 Å². The van der Waals surface area contributed by atoms with Crippen molar-refractivity contribution in [2.24, 2.45) is 0 Å². The van der Waals surface area contributed by atoms with Crippen LogP contribution < -0.4 is 10.8 Å². The lowest BCUT2D eigenvalue weighted by atomic mass is 10.0. The van der Waals surface area contributed by atoms with Crippen LogP contribution in [-0.2, 0) is 17.7 Å². The van der Waals surface area contributed by atoms with Crippen LogP contribution in [0.3, 0.4) is 0 Å². The molecule has 3 rings (SSSR count). The first-order chi connectivity index (χ1) is 7.86. The van der Waals surface area contributed by atoms with Crippen LogP contribution >= 0.6 is 0 Å². The molecule has 1 aromatic rings. The van der Waals surface area contributed by atoms with Crippen molar-refractivity contribution in [3.8, 4) is 0 Å². The summed E-state index contributed by atoms with van der Waals surface area (Å²) in [5.74, 6) is 0. The van der Waals surface area contributed by atoms with Crippen molar-refractivity contribution in [3.63, 3.8) is 0 Å². The predicted molar refractivity (Wildman–Crippen MR) is 62.6 cm³/mol. The van der Waals surface area contributed by atoms with Gasteiger partial charge >= 0.3 is 0 Å². The van der Waals surface area contributed by atoms with E-state index in [0.717, 1.165) is 6.42 Å². The van der Waals surface area contributed by atoms with E-state index in [9.17, 15) is 0 Å². The zero-order valence-corrected chi connectivity index (χ0v) is 9.62. The molecule has 1 heterocycles. The number of hydroxylamine groups is 1. The predicted octanol–water partition coefficient (Wildman–Crippen LogP) is 2.03. The minimum atomic E-state index is 0.137. The van der Waals surface area contributed by atoms with E-state index in [2.05, 4.69) is 35.9 Å². The van der Waals surface area contributed by atoms with Gasteiger partial charge in [-0.3, -0.25) is 10.2 Å². The zero-order chi connectivity index (χ0) is 11.0. The molecule has 0 saturated carbocycles. The normalized spacial score (nSPS) is 28.3. The quantitative estimate of drug-likeness (QED) is 0.797. The monoisotopic (exact) mass is 218 g/mol. The third-order valence-corrected chi connectivity index (χ3v) is 3.51. The number of nitrogens with one attached hydrogen (secondary N) is 2. The average molecular weight is 218 g/mol. The molecule has 2 atom stereocenters. The maximum atomic E-state index is 5.43. The van der Waals surface area contributed by atoms with Gasteiger partial charge in [0.15, 0.2) is 0 Å².